The first-order valence-corrected chi connectivity index (χ1v) is 7.36. The molecule has 0 bridgehead atoms. The SMILES string of the molecule is COc1c[nH]c(SCCc2nc(C)cc(OC)c2C)n1. The van der Waals surface area contributed by atoms with Crippen molar-refractivity contribution in [2.75, 3.05) is 20.0 Å². The first kappa shape index (κ1) is 14.7. The third-order valence-corrected chi connectivity index (χ3v) is 3.88. The molecule has 0 aliphatic rings. The van der Waals surface area contributed by atoms with Gasteiger partial charge in [-0.3, -0.25) is 4.98 Å². The molecule has 2 heterocycles. The number of pyridine rings is 1. The highest BCUT2D eigenvalue weighted by atomic mass is 32.2. The number of methoxy groups -OCH3 is 2. The quantitative estimate of drug-likeness (QED) is 0.830. The van der Waals surface area contributed by atoms with Crippen LogP contribution in [0.1, 0.15) is 17.0 Å². The molecule has 0 saturated carbocycles. The van der Waals surface area contributed by atoms with E-state index >= 15 is 0 Å². The molecule has 2 aromatic rings. The summed E-state index contributed by atoms with van der Waals surface area (Å²) < 4.78 is 10.4. The Morgan fingerprint density at radius 3 is 2.65 bits per heavy atom. The van der Waals surface area contributed by atoms with Crippen LogP contribution in [-0.2, 0) is 6.42 Å². The number of nitrogens with zero attached hydrogens (tertiary/aromatic N) is 2. The minimum absolute atomic E-state index is 0.610. The second-order valence-electron chi connectivity index (χ2n) is 4.38. The Morgan fingerprint density at radius 1 is 1.20 bits per heavy atom. The molecule has 0 aliphatic heterocycles. The lowest BCUT2D eigenvalue weighted by atomic mass is 10.1. The number of thioether (sulfide) groups is 1. The summed E-state index contributed by atoms with van der Waals surface area (Å²) >= 11 is 1.65. The number of ether oxygens (including phenoxy) is 2. The van der Waals surface area contributed by atoms with E-state index in [1.807, 2.05) is 19.9 Å². The van der Waals surface area contributed by atoms with Gasteiger partial charge in [-0.05, 0) is 20.3 Å². The Labute approximate surface area is 123 Å². The number of aromatic amines is 1. The van der Waals surface area contributed by atoms with Gasteiger partial charge in [-0.25, -0.2) is 0 Å². The van der Waals surface area contributed by atoms with Gasteiger partial charge < -0.3 is 14.5 Å². The van der Waals surface area contributed by atoms with Gasteiger partial charge in [0, 0.05) is 28.8 Å². The van der Waals surface area contributed by atoms with Crippen molar-refractivity contribution in [2.45, 2.75) is 25.4 Å². The number of aromatic nitrogens is 3. The van der Waals surface area contributed by atoms with Gasteiger partial charge in [0.05, 0.1) is 20.4 Å². The number of hydrogen-bond donors (Lipinski definition) is 1. The second kappa shape index (κ2) is 6.65. The van der Waals surface area contributed by atoms with E-state index < -0.39 is 0 Å². The molecular weight excluding hydrogens is 274 g/mol. The van der Waals surface area contributed by atoms with Crippen LogP contribution in [0.15, 0.2) is 17.4 Å². The smallest absolute Gasteiger partial charge is 0.232 e. The fourth-order valence-corrected chi connectivity index (χ4v) is 2.72. The zero-order valence-electron chi connectivity index (χ0n) is 12.2. The van der Waals surface area contributed by atoms with E-state index in [0.717, 1.165) is 40.0 Å². The first-order chi connectivity index (χ1) is 9.63. The molecule has 5 nitrogen and oxygen atoms in total. The van der Waals surface area contributed by atoms with Crippen molar-refractivity contribution in [1.82, 2.24) is 15.0 Å². The van der Waals surface area contributed by atoms with Gasteiger partial charge in [-0.1, -0.05) is 11.8 Å². The van der Waals surface area contributed by atoms with E-state index in [2.05, 4.69) is 15.0 Å². The van der Waals surface area contributed by atoms with Gasteiger partial charge in [-0.15, -0.1) is 0 Å². The number of aryl methyl sites for hydroxylation is 2. The van der Waals surface area contributed by atoms with Crippen LogP contribution in [0.25, 0.3) is 0 Å². The molecule has 0 radical (unpaired) electrons. The molecule has 0 spiro atoms. The van der Waals surface area contributed by atoms with Gasteiger partial charge in [0.15, 0.2) is 5.16 Å². The largest absolute Gasteiger partial charge is 0.496 e. The fraction of sp³-hybridized carbons (Fsp3) is 0.429. The highest BCUT2D eigenvalue weighted by molar-refractivity contribution is 7.99. The molecule has 0 unspecified atom stereocenters. The molecular formula is C14H19N3O2S. The van der Waals surface area contributed by atoms with Crippen molar-refractivity contribution in [3.63, 3.8) is 0 Å². The van der Waals surface area contributed by atoms with Crippen LogP contribution in [0.3, 0.4) is 0 Å². The van der Waals surface area contributed by atoms with E-state index in [4.69, 9.17) is 9.47 Å². The Hall–Kier alpha value is -1.69. The Morgan fingerprint density at radius 2 is 2.00 bits per heavy atom. The summed E-state index contributed by atoms with van der Waals surface area (Å²) in [4.78, 5) is 11.9. The Kier molecular flexibility index (Phi) is 4.89. The van der Waals surface area contributed by atoms with Gasteiger partial charge >= 0.3 is 0 Å². The van der Waals surface area contributed by atoms with Crippen LogP contribution < -0.4 is 9.47 Å². The van der Waals surface area contributed by atoms with Gasteiger partial charge in [-0.2, -0.15) is 4.98 Å². The predicted octanol–water partition coefficient (Wildman–Crippen LogP) is 2.77. The lowest BCUT2D eigenvalue weighted by Crippen LogP contribution is -2.01. The van der Waals surface area contributed by atoms with Crippen LogP contribution in [-0.4, -0.2) is 34.9 Å². The maximum atomic E-state index is 5.37. The van der Waals surface area contributed by atoms with E-state index in [1.54, 1.807) is 32.2 Å². The fourth-order valence-electron chi connectivity index (χ4n) is 1.94. The number of hydrogen-bond acceptors (Lipinski definition) is 5. The molecule has 0 aromatic carbocycles. The summed E-state index contributed by atoms with van der Waals surface area (Å²) in [5.74, 6) is 2.41. The van der Waals surface area contributed by atoms with Gasteiger partial charge in [0.25, 0.3) is 0 Å². The first-order valence-electron chi connectivity index (χ1n) is 6.37. The minimum atomic E-state index is 0.610. The van der Waals surface area contributed by atoms with Gasteiger partial charge in [0.1, 0.15) is 5.75 Å². The van der Waals surface area contributed by atoms with Crippen molar-refractivity contribution in [3.8, 4) is 11.6 Å². The van der Waals surface area contributed by atoms with Crippen LogP contribution in [0, 0.1) is 13.8 Å². The lowest BCUT2D eigenvalue weighted by molar-refractivity contribution is 0.398. The number of nitrogens with one attached hydrogen (secondary N) is 1. The maximum absolute atomic E-state index is 5.37. The Balaban J connectivity index is 1.98. The summed E-state index contributed by atoms with van der Waals surface area (Å²) in [6.45, 7) is 4.02. The molecule has 0 amide bonds. The van der Waals surface area contributed by atoms with Crippen LogP contribution >= 0.6 is 11.8 Å². The normalized spacial score (nSPS) is 10.6. The van der Waals surface area contributed by atoms with Gasteiger partial charge in [0.2, 0.25) is 5.88 Å². The van der Waals surface area contributed by atoms with Crippen molar-refractivity contribution >= 4 is 11.8 Å². The van der Waals surface area contributed by atoms with Crippen molar-refractivity contribution in [3.05, 3.63) is 29.2 Å². The third kappa shape index (κ3) is 3.45. The average Bonchev–Trinajstić information content (AvgIpc) is 2.90. The molecule has 20 heavy (non-hydrogen) atoms. The summed E-state index contributed by atoms with van der Waals surface area (Å²) in [6, 6.07) is 1.96. The van der Waals surface area contributed by atoms with Crippen molar-refractivity contribution in [1.29, 1.82) is 0 Å². The minimum Gasteiger partial charge on any atom is -0.496 e. The number of rotatable bonds is 6. The van der Waals surface area contributed by atoms with Crippen molar-refractivity contribution < 1.29 is 9.47 Å². The summed E-state index contributed by atoms with van der Waals surface area (Å²) in [5, 5.41) is 0.860. The van der Waals surface area contributed by atoms with E-state index in [-0.39, 0.29) is 0 Å². The summed E-state index contributed by atoms with van der Waals surface area (Å²) in [7, 11) is 3.30. The molecule has 0 saturated heterocycles. The highest BCUT2D eigenvalue weighted by Crippen LogP contribution is 2.23. The lowest BCUT2D eigenvalue weighted by Gasteiger charge is -2.10. The van der Waals surface area contributed by atoms with Crippen LogP contribution in [0.5, 0.6) is 11.6 Å². The summed E-state index contributed by atoms with van der Waals surface area (Å²) in [5.41, 5.74) is 3.16. The van der Waals surface area contributed by atoms with Crippen molar-refractivity contribution in [2.24, 2.45) is 0 Å². The molecule has 0 fully saturated rings. The van der Waals surface area contributed by atoms with E-state index in [0.29, 0.717) is 5.88 Å². The van der Waals surface area contributed by atoms with Crippen LogP contribution in [0.4, 0.5) is 0 Å². The van der Waals surface area contributed by atoms with Crippen LogP contribution in [0.2, 0.25) is 0 Å². The predicted molar refractivity (Wildman–Crippen MR) is 79.8 cm³/mol. The second-order valence-corrected chi connectivity index (χ2v) is 5.47. The standard InChI is InChI=1S/C14H19N3O2S/c1-9-7-12(18-3)10(2)11(16-9)5-6-20-14-15-8-13(17-14)19-4/h7-8H,5-6H2,1-4H3,(H,15,17). The van der Waals surface area contributed by atoms with E-state index in [1.165, 1.54) is 0 Å². The maximum Gasteiger partial charge on any atom is 0.232 e. The topological polar surface area (TPSA) is 60.0 Å². The molecule has 108 valence electrons. The molecule has 2 rings (SSSR count). The number of imidazole rings is 1. The molecule has 6 heteroatoms. The highest BCUT2D eigenvalue weighted by Gasteiger charge is 2.09. The third-order valence-electron chi connectivity index (χ3n) is 2.99. The average molecular weight is 293 g/mol. The monoisotopic (exact) mass is 293 g/mol. The van der Waals surface area contributed by atoms with E-state index in [9.17, 15) is 0 Å². The summed E-state index contributed by atoms with van der Waals surface area (Å²) in [6.07, 6.45) is 2.62. The molecule has 2 aromatic heterocycles. The zero-order valence-corrected chi connectivity index (χ0v) is 13.0. The Bertz CT molecular complexity index is 584. The molecule has 1 N–H and O–H groups in total. The molecule has 0 atom stereocenters. The zero-order chi connectivity index (χ0) is 14.5. The number of H-pyrrole nitrogens is 1. The molecule has 0 aliphatic carbocycles.